The average Bonchev–Trinajstić information content (AvgIpc) is 2.38. The number of nitrogens with zero attached hydrogens (tertiary/aromatic N) is 3. The molecule has 0 bridgehead atoms. The van der Waals surface area contributed by atoms with Crippen LogP contribution in [0, 0.1) is 0 Å². The van der Waals surface area contributed by atoms with E-state index in [1.807, 2.05) is 0 Å². The van der Waals surface area contributed by atoms with Crippen LogP contribution in [0.4, 0.5) is 13.2 Å². The lowest BCUT2D eigenvalue weighted by Gasteiger charge is -2.33. The van der Waals surface area contributed by atoms with E-state index in [2.05, 4.69) is 15.3 Å². The largest absolute Gasteiger partial charge is 0.401 e. The maximum Gasteiger partial charge on any atom is 0.401 e. The Hall–Kier alpha value is -1.70. The summed E-state index contributed by atoms with van der Waals surface area (Å²) in [4.78, 5) is 20.7. The Kier molecular flexibility index (Phi) is 4.53. The van der Waals surface area contributed by atoms with Gasteiger partial charge in [0.2, 0.25) is 0 Å². The van der Waals surface area contributed by atoms with Crippen molar-refractivity contribution in [3.63, 3.8) is 0 Å². The molecule has 1 amide bonds. The molecule has 1 aliphatic rings. The van der Waals surface area contributed by atoms with Crippen LogP contribution in [0.2, 0.25) is 0 Å². The van der Waals surface area contributed by atoms with E-state index in [-0.39, 0.29) is 18.5 Å². The minimum Gasteiger partial charge on any atom is -0.348 e. The molecule has 5 nitrogen and oxygen atoms in total. The van der Waals surface area contributed by atoms with Gasteiger partial charge in [0.05, 0.1) is 12.1 Å². The summed E-state index contributed by atoms with van der Waals surface area (Å²) in [5, 5.41) is 2.72. The third-order valence-electron chi connectivity index (χ3n) is 3.07. The smallest absolute Gasteiger partial charge is 0.348 e. The summed E-state index contributed by atoms with van der Waals surface area (Å²) in [6, 6.07) is -0.279. The van der Waals surface area contributed by atoms with Gasteiger partial charge < -0.3 is 5.32 Å². The molecule has 1 atom stereocenters. The molecule has 8 heteroatoms. The van der Waals surface area contributed by atoms with E-state index in [4.69, 9.17) is 0 Å². The van der Waals surface area contributed by atoms with Gasteiger partial charge in [0, 0.05) is 25.0 Å². The molecule has 1 N–H and O–H groups in total. The minimum absolute atomic E-state index is 0.207. The van der Waals surface area contributed by atoms with E-state index in [0.29, 0.717) is 24.9 Å². The van der Waals surface area contributed by atoms with Crippen molar-refractivity contribution >= 4 is 5.91 Å². The molecule has 1 unspecified atom stereocenters. The van der Waals surface area contributed by atoms with Gasteiger partial charge in [0.15, 0.2) is 0 Å². The summed E-state index contributed by atoms with van der Waals surface area (Å²) in [6.45, 7) is -0.326. The van der Waals surface area contributed by atoms with Crippen LogP contribution < -0.4 is 5.32 Å². The summed E-state index contributed by atoms with van der Waals surface area (Å²) in [5.41, 5.74) is 0.306. The van der Waals surface area contributed by atoms with Crippen LogP contribution in [-0.4, -0.2) is 52.6 Å². The average molecular weight is 288 g/mol. The maximum absolute atomic E-state index is 12.3. The van der Waals surface area contributed by atoms with Crippen LogP contribution in [0.25, 0.3) is 0 Å². The third kappa shape index (κ3) is 4.44. The molecule has 1 fully saturated rings. The van der Waals surface area contributed by atoms with Crippen molar-refractivity contribution in [2.24, 2.45) is 0 Å². The second kappa shape index (κ2) is 6.17. The molecule has 2 rings (SSSR count). The van der Waals surface area contributed by atoms with Gasteiger partial charge in [-0.25, -0.2) is 9.97 Å². The van der Waals surface area contributed by atoms with Gasteiger partial charge in [-0.3, -0.25) is 9.69 Å². The number of carbonyl (C=O) groups is 1. The molecular formula is C12H15F3N4O. The predicted molar refractivity (Wildman–Crippen MR) is 65.0 cm³/mol. The number of hydrogen-bond donors (Lipinski definition) is 1. The Morgan fingerprint density at radius 3 is 2.75 bits per heavy atom. The number of piperidine rings is 1. The first-order valence-electron chi connectivity index (χ1n) is 6.29. The summed E-state index contributed by atoms with van der Waals surface area (Å²) in [7, 11) is 0. The van der Waals surface area contributed by atoms with E-state index >= 15 is 0 Å². The quantitative estimate of drug-likeness (QED) is 0.909. The summed E-state index contributed by atoms with van der Waals surface area (Å²) < 4.78 is 37.0. The van der Waals surface area contributed by atoms with Gasteiger partial charge in [0.25, 0.3) is 5.91 Å². The standard InChI is InChI=1S/C12H15F3N4O/c13-12(14,15)7-19-3-1-2-10(6-19)18-11(20)9-4-16-8-17-5-9/h4-5,8,10H,1-3,6-7H2,(H,18,20). The van der Waals surface area contributed by atoms with Crippen molar-refractivity contribution in [1.82, 2.24) is 20.2 Å². The van der Waals surface area contributed by atoms with Crippen LogP contribution in [0.5, 0.6) is 0 Å². The number of nitrogens with one attached hydrogen (secondary N) is 1. The van der Waals surface area contributed by atoms with Crippen LogP contribution in [0.15, 0.2) is 18.7 Å². The fourth-order valence-corrected chi connectivity index (χ4v) is 2.26. The van der Waals surface area contributed by atoms with E-state index in [1.165, 1.54) is 23.6 Å². The second-order valence-electron chi connectivity index (χ2n) is 4.79. The number of likely N-dealkylation sites (tertiary alicyclic amines) is 1. The SMILES string of the molecule is O=C(NC1CCCN(CC(F)(F)F)C1)c1cncnc1. The molecule has 0 aliphatic carbocycles. The second-order valence-corrected chi connectivity index (χ2v) is 4.79. The molecule has 1 saturated heterocycles. The number of carbonyl (C=O) groups excluding carboxylic acids is 1. The molecule has 0 radical (unpaired) electrons. The first-order chi connectivity index (χ1) is 9.44. The van der Waals surface area contributed by atoms with Gasteiger partial charge in [-0.05, 0) is 19.4 Å². The normalized spacial score (nSPS) is 20.6. The van der Waals surface area contributed by atoms with Crippen LogP contribution >= 0.6 is 0 Å². The maximum atomic E-state index is 12.3. The Bertz CT molecular complexity index is 452. The zero-order valence-corrected chi connectivity index (χ0v) is 10.7. The molecule has 0 saturated carbocycles. The highest BCUT2D eigenvalue weighted by molar-refractivity contribution is 5.93. The van der Waals surface area contributed by atoms with E-state index < -0.39 is 12.7 Å². The first kappa shape index (κ1) is 14.7. The van der Waals surface area contributed by atoms with Crippen molar-refractivity contribution < 1.29 is 18.0 Å². The van der Waals surface area contributed by atoms with Crippen LogP contribution in [0.1, 0.15) is 23.2 Å². The lowest BCUT2D eigenvalue weighted by Crippen LogP contribution is -2.50. The Balaban J connectivity index is 1.88. The Labute approximate surface area is 114 Å². The lowest BCUT2D eigenvalue weighted by molar-refractivity contribution is -0.148. The topological polar surface area (TPSA) is 58.1 Å². The van der Waals surface area contributed by atoms with Crippen molar-refractivity contribution in [3.8, 4) is 0 Å². The molecule has 1 aliphatic heterocycles. The number of hydrogen-bond acceptors (Lipinski definition) is 4. The van der Waals surface area contributed by atoms with E-state index in [0.717, 1.165) is 0 Å². The Morgan fingerprint density at radius 2 is 2.10 bits per heavy atom. The zero-order valence-electron chi connectivity index (χ0n) is 10.7. The van der Waals surface area contributed by atoms with Gasteiger partial charge >= 0.3 is 6.18 Å². The molecule has 0 spiro atoms. The van der Waals surface area contributed by atoms with Crippen LogP contribution in [-0.2, 0) is 0 Å². The number of alkyl halides is 3. The van der Waals surface area contributed by atoms with Crippen molar-refractivity contribution in [3.05, 3.63) is 24.3 Å². The molecule has 20 heavy (non-hydrogen) atoms. The minimum atomic E-state index is -4.21. The third-order valence-corrected chi connectivity index (χ3v) is 3.07. The van der Waals surface area contributed by atoms with E-state index in [9.17, 15) is 18.0 Å². The van der Waals surface area contributed by atoms with Crippen LogP contribution in [0.3, 0.4) is 0 Å². The van der Waals surface area contributed by atoms with Crippen molar-refractivity contribution in [2.45, 2.75) is 25.1 Å². The predicted octanol–water partition coefficient (Wildman–Crippen LogP) is 1.23. The summed E-state index contributed by atoms with van der Waals surface area (Å²) >= 11 is 0. The van der Waals surface area contributed by atoms with Gasteiger partial charge in [-0.15, -0.1) is 0 Å². The number of aromatic nitrogens is 2. The summed E-state index contributed by atoms with van der Waals surface area (Å²) in [5.74, 6) is -0.357. The fraction of sp³-hybridized carbons (Fsp3) is 0.583. The first-order valence-corrected chi connectivity index (χ1v) is 6.29. The molecule has 1 aromatic rings. The zero-order chi connectivity index (χ0) is 14.6. The summed E-state index contributed by atoms with van der Waals surface area (Å²) in [6.07, 6.45) is 1.15. The molecule has 2 heterocycles. The lowest BCUT2D eigenvalue weighted by atomic mass is 10.1. The number of halogens is 3. The van der Waals surface area contributed by atoms with Crippen molar-refractivity contribution in [1.29, 1.82) is 0 Å². The highest BCUT2D eigenvalue weighted by atomic mass is 19.4. The number of amides is 1. The molecule has 110 valence electrons. The van der Waals surface area contributed by atoms with Gasteiger partial charge in [-0.2, -0.15) is 13.2 Å². The highest BCUT2D eigenvalue weighted by Gasteiger charge is 2.33. The van der Waals surface area contributed by atoms with Crippen molar-refractivity contribution in [2.75, 3.05) is 19.6 Å². The highest BCUT2D eigenvalue weighted by Crippen LogP contribution is 2.19. The monoisotopic (exact) mass is 288 g/mol. The number of rotatable bonds is 3. The van der Waals surface area contributed by atoms with Gasteiger partial charge in [0.1, 0.15) is 6.33 Å². The fourth-order valence-electron chi connectivity index (χ4n) is 2.26. The Morgan fingerprint density at radius 1 is 1.40 bits per heavy atom. The van der Waals surface area contributed by atoms with Gasteiger partial charge in [-0.1, -0.05) is 0 Å². The molecular weight excluding hydrogens is 273 g/mol. The molecule has 0 aromatic carbocycles. The molecule has 1 aromatic heterocycles. The van der Waals surface area contributed by atoms with E-state index in [1.54, 1.807) is 0 Å².